The van der Waals surface area contributed by atoms with E-state index in [1.807, 2.05) is 0 Å². The standard InChI is InChI=1S/C13H11FN2O3/c1-18-13(17)8-6-7-11(16-12(8)15)19-10-5-3-2-4-9(10)14/h2-7H,1H3,(H2,15,16). The lowest BCUT2D eigenvalue weighted by atomic mass is 10.2. The van der Waals surface area contributed by atoms with Gasteiger partial charge in [0.05, 0.1) is 7.11 Å². The number of carbonyl (C=O) groups excluding carboxylic acids is 1. The number of hydrogen-bond donors (Lipinski definition) is 1. The van der Waals surface area contributed by atoms with Crippen LogP contribution in [0, 0.1) is 5.82 Å². The lowest BCUT2D eigenvalue weighted by Crippen LogP contribution is -2.07. The summed E-state index contributed by atoms with van der Waals surface area (Å²) in [5, 5.41) is 0. The van der Waals surface area contributed by atoms with Crippen molar-refractivity contribution in [3.63, 3.8) is 0 Å². The average molecular weight is 262 g/mol. The lowest BCUT2D eigenvalue weighted by molar-refractivity contribution is 0.0601. The van der Waals surface area contributed by atoms with Crippen molar-refractivity contribution in [3.05, 3.63) is 47.8 Å². The van der Waals surface area contributed by atoms with Gasteiger partial charge in [0.1, 0.15) is 11.4 Å². The Kier molecular flexibility index (Phi) is 3.61. The summed E-state index contributed by atoms with van der Waals surface area (Å²) in [7, 11) is 1.24. The number of ether oxygens (including phenoxy) is 2. The molecule has 2 aromatic rings. The van der Waals surface area contributed by atoms with Gasteiger partial charge in [0.15, 0.2) is 11.6 Å². The summed E-state index contributed by atoms with van der Waals surface area (Å²) >= 11 is 0. The van der Waals surface area contributed by atoms with E-state index in [1.54, 1.807) is 12.1 Å². The van der Waals surface area contributed by atoms with E-state index in [9.17, 15) is 9.18 Å². The Balaban J connectivity index is 2.26. The van der Waals surface area contributed by atoms with E-state index in [4.69, 9.17) is 10.5 Å². The Labute approximate surface area is 108 Å². The second-order valence-corrected chi connectivity index (χ2v) is 3.61. The maximum absolute atomic E-state index is 13.4. The molecular weight excluding hydrogens is 251 g/mol. The fourth-order valence-electron chi connectivity index (χ4n) is 1.44. The molecule has 0 bridgehead atoms. The average Bonchev–Trinajstić information content (AvgIpc) is 2.41. The summed E-state index contributed by atoms with van der Waals surface area (Å²) in [6.07, 6.45) is 0. The van der Waals surface area contributed by atoms with Crippen LogP contribution in [-0.4, -0.2) is 18.1 Å². The molecule has 0 radical (unpaired) electrons. The number of benzene rings is 1. The maximum atomic E-state index is 13.4. The number of nitrogens with two attached hydrogens (primary N) is 1. The van der Waals surface area contributed by atoms with Gasteiger partial charge in [-0.25, -0.2) is 9.18 Å². The molecule has 1 heterocycles. The van der Waals surface area contributed by atoms with Gasteiger partial charge in [-0.2, -0.15) is 4.98 Å². The van der Waals surface area contributed by atoms with Gasteiger partial charge in [0.25, 0.3) is 0 Å². The summed E-state index contributed by atoms with van der Waals surface area (Å²) < 4.78 is 23.2. The van der Waals surface area contributed by atoms with Gasteiger partial charge in [-0.1, -0.05) is 12.1 Å². The minimum absolute atomic E-state index is 0.0280. The number of pyridine rings is 1. The third-order valence-corrected chi connectivity index (χ3v) is 2.36. The van der Waals surface area contributed by atoms with Crippen LogP contribution in [0.5, 0.6) is 11.6 Å². The van der Waals surface area contributed by atoms with Crippen molar-refractivity contribution in [3.8, 4) is 11.6 Å². The van der Waals surface area contributed by atoms with Crippen LogP contribution in [0.15, 0.2) is 36.4 Å². The number of anilines is 1. The number of halogens is 1. The highest BCUT2D eigenvalue weighted by atomic mass is 19.1. The number of nitrogen functional groups attached to an aromatic ring is 1. The Morgan fingerprint density at radius 2 is 2.00 bits per heavy atom. The number of para-hydroxylation sites is 1. The van der Waals surface area contributed by atoms with Crippen molar-refractivity contribution < 1.29 is 18.7 Å². The van der Waals surface area contributed by atoms with E-state index in [0.717, 1.165) is 0 Å². The van der Waals surface area contributed by atoms with Gasteiger partial charge < -0.3 is 15.2 Å². The molecule has 0 amide bonds. The summed E-state index contributed by atoms with van der Waals surface area (Å²) in [4.78, 5) is 15.2. The largest absolute Gasteiger partial charge is 0.465 e. The second kappa shape index (κ2) is 5.34. The molecule has 0 aliphatic heterocycles. The molecular formula is C13H11FN2O3. The number of esters is 1. The highest BCUT2D eigenvalue weighted by Gasteiger charge is 2.13. The van der Waals surface area contributed by atoms with Gasteiger partial charge in [0.2, 0.25) is 5.88 Å². The molecule has 0 atom stereocenters. The van der Waals surface area contributed by atoms with E-state index < -0.39 is 11.8 Å². The van der Waals surface area contributed by atoms with Crippen molar-refractivity contribution in [2.75, 3.05) is 12.8 Å². The monoisotopic (exact) mass is 262 g/mol. The molecule has 1 aromatic carbocycles. The maximum Gasteiger partial charge on any atom is 0.341 e. The Morgan fingerprint density at radius 3 is 2.63 bits per heavy atom. The van der Waals surface area contributed by atoms with Crippen molar-refractivity contribution in [1.82, 2.24) is 4.98 Å². The van der Waals surface area contributed by atoms with Gasteiger partial charge in [-0.15, -0.1) is 0 Å². The van der Waals surface area contributed by atoms with Gasteiger partial charge in [-0.3, -0.25) is 0 Å². The van der Waals surface area contributed by atoms with Crippen LogP contribution < -0.4 is 10.5 Å². The third kappa shape index (κ3) is 2.79. The first-order chi connectivity index (χ1) is 9.11. The van der Waals surface area contributed by atoms with E-state index >= 15 is 0 Å². The van der Waals surface area contributed by atoms with Crippen LogP contribution in [0.4, 0.5) is 10.2 Å². The molecule has 98 valence electrons. The smallest absolute Gasteiger partial charge is 0.341 e. The molecule has 0 unspecified atom stereocenters. The molecule has 0 saturated carbocycles. The van der Waals surface area contributed by atoms with Gasteiger partial charge in [0, 0.05) is 6.07 Å². The van der Waals surface area contributed by atoms with Crippen LogP contribution in [-0.2, 0) is 4.74 Å². The van der Waals surface area contributed by atoms with Crippen LogP contribution in [0.25, 0.3) is 0 Å². The zero-order valence-corrected chi connectivity index (χ0v) is 10.1. The number of carbonyl (C=O) groups is 1. The van der Waals surface area contributed by atoms with Crippen molar-refractivity contribution in [2.24, 2.45) is 0 Å². The highest BCUT2D eigenvalue weighted by Crippen LogP contribution is 2.24. The molecule has 6 heteroatoms. The minimum Gasteiger partial charge on any atom is -0.465 e. The molecule has 1 aromatic heterocycles. The normalized spacial score (nSPS) is 10.0. The molecule has 19 heavy (non-hydrogen) atoms. The molecule has 0 fully saturated rings. The fraction of sp³-hybridized carbons (Fsp3) is 0.0769. The first-order valence-electron chi connectivity index (χ1n) is 5.39. The van der Waals surface area contributed by atoms with Crippen LogP contribution >= 0.6 is 0 Å². The van der Waals surface area contributed by atoms with Crippen LogP contribution in [0.3, 0.4) is 0 Å². The molecule has 0 spiro atoms. The number of rotatable bonds is 3. The highest BCUT2D eigenvalue weighted by molar-refractivity contribution is 5.94. The van der Waals surface area contributed by atoms with E-state index in [0.29, 0.717) is 0 Å². The molecule has 0 aliphatic carbocycles. The van der Waals surface area contributed by atoms with Gasteiger partial charge in [-0.05, 0) is 18.2 Å². The summed E-state index contributed by atoms with van der Waals surface area (Å²) in [6.45, 7) is 0. The molecule has 0 saturated heterocycles. The predicted molar refractivity (Wildman–Crippen MR) is 66.5 cm³/mol. The van der Waals surface area contributed by atoms with Crippen molar-refractivity contribution in [1.29, 1.82) is 0 Å². The molecule has 2 N–H and O–H groups in total. The van der Waals surface area contributed by atoms with Crippen LogP contribution in [0.1, 0.15) is 10.4 Å². The lowest BCUT2D eigenvalue weighted by Gasteiger charge is -2.08. The van der Waals surface area contributed by atoms with E-state index in [1.165, 1.54) is 31.4 Å². The molecule has 0 aliphatic rings. The predicted octanol–water partition coefficient (Wildman–Crippen LogP) is 2.38. The summed E-state index contributed by atoms with van der Waals surface area (Å²) in [5.74, 6) is -1.03. The number of hydrogen-bond acceptors (Lipinski definition) is 5. The minimum atomic E-state index is -0.595. The summed E-state index contributed by atoms with van der Waals surface area (Å²) in [5.41, 5.74) is 5.73. The topological polar surface area (TPSA) is 74.4 Å². The summed E-state index contributed by atoms with van der Waals surface area (Å²) in [6, 6.07) is 8.72. The van der Waals surface area contributed by atoms with Crippen molar-refractivity contribution >= 4 is 11.8 Å². The Bertz CT molecular complexity index is 617. The first kappa shape index (κ1) is 12.8. The van der Waals surface area contributed by atoms with E-state index in [-0.39, 0.29) is 23.0 Å². The Hall–Kier alpha value is -2.63. The van der Waals surface area contributed by atoms with Crippen molar-refractivity contribution in [2.45, 2.75) is 0 Å². The number of aromatic nitrogens is 1. The van der Waals surface area contributed by atoms with Crippen LogP contribution in [0.2, 0.25) is 0 Å². The molecule has 2 rings (SSSR count). The number of methoxy groups -OCH3 is 1. The zero-order chi connectivity index (χ0) is 13.8. The van der Waals surface area contributed by atoms with E-state index in [2.05, 4.69) is 9.72 Å². The first-order valence-corrected chi connectivity index (χ1v) is 5.39. The quantitative estimate of drug-likeness (QED) is 0.859. The second-order valence-electron chi connectivity index (χ2n) is 3.61. The SMILES string of the molecule is COC(=O)c1ccc(Oc2ccccc2F)nc1N. The molecule has 5 nitrogen and oxygen atoms in total. The zero-order valence-electron chi connectivity index (χ0n) is 10.1. The third-order valence-electron chi connectivity index (χ3n) is 2.36. The number of nitrogens with zero attached hydrogens (tertiary/aromatic N) is 1. The Morgan fingerprint density at radius 1 is 1.26 bits per heavy atom. The fourth-order valence-corrected chi connectivity index (χ4v) is 1.44. The van der Waals surface area contributed by atoms with Gasteiger partial charge >= 0.3 is 5.97 Å².